The van der Waals surface area contributed by atoms with Crippen LogP contribution in [0.5, 0.6) is 0 Å². The summed E-state index contributed by atoms with van der Waals surface area (Å²) in [5, 5.41) is -0.867. The summed E-state index contributed by atoms with van der Waals surface area (Å²) in [6.07, 6.45) is 0.869. The highest BCUT2D eigenvalue weighted by molar-refractivity contribution is 7.92. The van der Waals surface area contributed by atoms with Crippen LogP contribution in [0.1, 0.15) is 6.92 Å². The topological polar surface area (TPSA) is 47.0 Å². The van der Waals surface area contributed by atoms with Crippen LogP contribution in [0.2, 0.25) is 0 Å². The molecular weight excluding hydrogens is 229 g/mol. The normalized spacial score (nSPS) is 13.9. The lowest BCUT2D eigenvalue weighted by Gasteiger charge is -2.07. The fraction of sp³-hybridized carbons (Fsp3) is 0.375. The first kappa shape index (κ1) is 11.4. The number of halogens is 2. The molecular formula is C8H9ClFNO2S. The minimum absolute atomic E-state index is 0.0125. The number of hydrogen-bond acceptors (Lipinski definition) is 3. The maximum atomic E-state index is 12.5. The van der Waals surface area contributed by atoms with Crippen molar-refractivity contribution in [3.8, 4) is 0 Å². The molecule has 3 nitrogen and oxygen atoms in total. The molecule has 0 spiro atoms. The number of pyridine rings is 1. The van der Waals surface area contributed by atoms with Gasteiger partial charge in [-0.05, 0) is 19.1 Å². The molecule has 0 aliphatic carbocycles. The van der Waals surface area contributed by atoms with Crippen LogP contribution in [0.3, 0.4) is 0 Å². The Morgan fingerprint density at radius 2 is 2.21 bits per heavy atom. The minimum Gasteiger partial charge on any atom is -0.242 e. The van der Waals surface area contributed by atoms with Gasteiger partial charge in [-0.1, -0.05) is 0 Å². The predicted octanol–water partition coefficient (Wildman–Crippen LogP) is 1.62. The van der Waals surface area contributed by atoms with Crippen molar-refractivity contribution in [2.24, 2.45) is 0 Å². The third-order valence-electron chi connectivity index (χ3n) is 1.74. The zero-order chi connectivity index (χ0) is 10.8. The Labute approximate surface area is 86.8 Å². The van der Waals surface area contributed by atoms with E-state index in [0.29, 0.717) is 0 Å². The molecule has 6 heteroatoms. The van der Waals surface area contributed by atoms with E-state index in [-0.39, 0.29) is 10.9 Å². The van der Waals surface area contributed by atoms with E-state index in [0.717, 1.165) is 18.3 Å². The van der Waals surface area contributed by atoms with Crippen molar-refractivity contribution >= 4 is 21.4 Å². The van der Waals surface area contributed by atoms with Crippen molar-refractivity contribution in [3.05, 3.63) is 24.1 Å². The molecule has 0 amide bonds. The Morgan fingerprint density at radius 1 is 1.57 bits per heavy atom. The van der Waals surface area contributed by atoms with Crippen LogP contribution in [0.25, 0.3) is 0 Å². The van der Waals surface area contributed by atoms with E-state index in [1.165, 1.54) is 6.92 Å². The van der Waals surface area contributed by atoms with Crippen LogP contribution in [-0.4, -0.2) is 24.5 Å². The van der Waals surface area contributed by atoms with Gasteiger partial charge in [0.1, 0.15) is 5.82 Å². The molecule has 78 valence electrons. The first-order chi connectivity index (χ1) is 6.48. The van der Waals surface area contributed by atoms with Gasteiger partial charge in [0.2, 0.25) is 0 Å². The van der Waals surface area contributed by atoms with Gasteiger partial charge in [0.25, 0.3) is 0 Å². The van der Waals surface area contributed by atoms with E-state index in [2.05, 4.69) is 4.98 Å². The zero-order valence-electron chi connectivity index (χ0n) is 7.44. The van der Waals surface area contributed by atoms with Crippen LogP contribution in [-0.2, 0) is 9.84 Å². The quantitative estimate of drug-likeness (QED) is 0.751. The lowest BCUT2D eigenvalue weighted by Crippen LogP contribution is -2.20. The number of sulfone groups is 1. The zero-order valence-corrected chi connectivity index (χ0v) is 9.02. The van der Waals surface area contributed by atoms with E-state index in [9.17, 15) is 12.8 Å². The molecule has 0 bridgehead atoms. The molecule has 0 aliphatic rings. The first-order valence-electron chi connectivity index (χ1n) is 3.90. The summed E-state index contributed by atoms with van der Waals surface area (Å²) in [7, 11) is -3.52. The third kappa shape index (κ3) is 2.22. The van der Waals surface area contributed by atoms with E-state index in [1.54, 1.807) is 0 Å². The summed E-state index contributed by atoms with van der Waals surface area (Å²) < 4.78 is 35.7. The van der Waals surface area contributed by atoms with Gasteiger partial charge in [-0.2, -0.15) is 0 Å². The van der Waals surface area contributed by atoms with Crippen molar-refractivity contribution in [1.82, 2.24) is 4.98 Å². The molecule has 1 rings (SSSR count). The highest BCUT2D eigenvalue weighted by Crippen LogP contribution is 2.14. The van der Waals surface area contributed by atoms with Gasteiger partial charge < -0.3 is 0 Å². The summed E-state index contributed by atoms with van der Waals surface area (Å²) in [4.78, 5) is 3.50. The lowest BCUT2D eigenvalue weighted by molar-refractivity contribution is 0.580. The van der Waals surface area contributed by atoms with Gasteiger partial charge in [0, 0.05) is 5.88 Å². The van der Waals surface area contributed by atoms with Crippen LogP contribution < -0.4 is 0 Å². The fourth-order valence-corrected chi connectivity index (χ4v) is 2.35. The Morgan fingerprint density at radius 3 is 2.64 bits per heavy atom. The van der Waals surface area contributed by atoms with E-state index in [1.807, 2.05) is 0 Å². The Bertz CT molecular complexity index is 404. The maximum Gasteiger partial charge on any atom is 0.199 e. The number of nitrogens with zero attached hydrogens (tertiary/aromatic N) is 1. The standard InChI is InChI=1S/C8H9ClFNO2S/c1-6(4-9)14(12,13)8-3-2-7(10)5-11-8/h2-3,5-6H,4H2,1H3. The first-order valence-corrected chi connectivity index (χ1v) is 5.98. The molecule has 0 N–H and O–H groups in total. The number of hydrogen-bond donors (Lipinski definition) is 0. The molecule has 1 aromatic rings. The van der Waals surface area contributed by atoms with Crippen LogP contribution in [0, 0.1) is 5.82 Å². The van der Waals surface area contributed by atoms with E-state index >= 15 is 0 Å². The molecule has 0 saturated carbocycles. The van der Waals surface area contributed by atoms with E-state index in [4.69, 9.17) is 11.6 Å². The molecule has 1 aromatic heterocycles. The highest BCUT2D eigenvalue weighted by atomic mass is 35.5. The minimum atomic E-state index is -3.52. The van der Waals surface area contributed by atoms with Crippen molar-refractivity contribution in [2.45, 2.75) is 17.2 Å². The second-order valence-corrected chi connectivity index (χ2v) is 5.45. The van der Waals surface area contributed by atoms with Gasteiger partial charge in [-0.25, -0.2) is 17.8 Å². The Balaban J connectivity index is 3.11. The second-order valence-electron chi connectivity index (χ2n) is 2.82. The summed E-state index contributed by atoms with van der Waals surface area (Å²) in [6.45, 7) is 1.48. The van der Waals surface area contributed by atoms with Crippen LogP contribution >= 0.6 is 11.6 Å². The molecule has 0 radical (unpaired) electrons. The summed E-state index contributed by atoms with van der Waals surface area (Å²) in [5.41, 5.74) is 0. The van der Waals surface area contributed by atoms with Gasteiger partial charge in [-0.3, -0.25) is 0 Å². The number of alkyl halides is 1. The second kappa shape index (κ2) is 4.23. The Hall–Kier alpha value is -0.680. The summed E-state index contributed by atoms with van der Waals surface area (Å²) >= 11 is 5.44. The molecule has 0 aromatic carbocycles. The van der Waals surface area contributed by atoms with Gasteiger partial charge >= 0.3 is 0 Å². The van der Waals surface area contributed by atoms with Gasteiger partial charge in [0.05, 0.1) is 11.4 Å². The molecule has 1 unspecified atom stereocenters. The lowest BCUT2D eigenvalue weighted by atomic mass is 10.5. The Kier molecular flexibility index (Phi) is 3.44. The molecule has 1 heterocycles. The number of rotatable bonds is 3. The van der Waals surface area contributed by atoms with Gasteiger partial charge in [-0.15, -0.1) is 11.6 Å². The van der Waals surface area contributed by atoms with Crippen molar-refractivity contribution in [3.63, 3.8) is 0 Å². The maximum absolute atomic E-state index is 12.5. The number of aromatic nitrogens is 1. The fourth-order valence-electron chi connectivity index (χ4n) is 0.820. The summed E-state index contributed by atoms with van der Waals surface area (Å²) in [6, 6.07) is 2.19. The van der Waals surface area contributed by atoms with Crippen molar-refractivity contribution < 1.29 is 12.8 Å². The largest absolute Gasteiger partial charge is 0.242 e. The van der Waals surface area contributed by atoms with E-state index < -0.39 is 20.9 Å². The predicted molar refractivity (Wildman–Crippen MR) is 51.6 cm³/mol. The molecule has 14 heavy (non-hydrogen) atoms. The highest BCUT2D eigenvalue weighted by Gasteiger charge is 2.23. The molecule has 0 saturated heterocycles. The molecule has 0 aliphatic heterocycles. The van der Waals surface area contributed by atoms with Crippen LogP contribution in [0.15, 0.2) is 23.4 Å². The third-order valence-corrected chi connectivity index (χ3v) is 4.44. The average molecular weight is 238 g/mol. The van der Waals surface area contributed by atoms with Crippen LogP contribution in [0.4, 0.5) is 4.39 Å². The molecule has 0 fully saturated rings. The average Bonchev–Trinajstić information content (AvgIpc) is 2.17. The van der Waals surface area contributed by atoms with Crippen molar-refractivity contribution in [1.29, 1.82) is 0 Å². The summed E-state index contributed by atoms with van der Waals surface area (Å²) in [5.74, 6) is -0.580. The van der Waals surface area contributed by atoms with Gasteiger partial charge in [0.15, 0.2) is 14.9 Å². The van der Waals surface area contributed by atoms with Crippen molar-refractivity contribution in [2.75, 3.05) is 5.88 Å². The molecule has 1 atom stereocenters. The SMILES string of the molecule is CC(CCl)S(=O)(=O)c1ccc(F)cn1. The smallest absolute Gasteiger partial charge is 0.199 e. The monoisotopic (exact) mass is 237 g/mol.